The molecule has 0 aliphatic carbocycles. The summed E-state index contributed by atoms with van der Waals surface area (Å²) in [5.41, 5.74) is 7.04. The van der Waals surface area contributed by atoms with Crippen LogP contribution in [0.15, 0.2) is 23.1 Å². The van der Waals surface area contributed by atoms with Crippen LogP contribution in [-0.2, 0) is 0 Å². The van der Waals surface area contributed by atoms with Crippen molar-refractivity contribution in [3.63, 3.8) is 0 Å². The fourth-order valence-corrected chi connectivity index (χ4v) is 2.94. The highest BCUT2D eigenvalue weighted by atomic mass is 32.2. The Kier molecular flexibility index (Phi) is 5.82. The van der Waals surface area contributed by atoms with Crippen LogP contribution in [0.3, 0.4) is 0 Å². The Morgan fingerprint density at radius 1 is 1.41 bits per heavy atom. The molecule has 0 fully saturated rings. The molecule has 1 rings (SSSR count). The van der Waals surface area contributed by atoms with E-state index in [-0.39, 0.29) is 12.6 Å². The van der Waals surface area contributed by atoms with Gasteiger partial charge in [0.05, 0.1) is 7.11 Å². The van der Waals surface area contributed by atoms with Gasteiger partial charge in [-0.15, -0.1) is 11.8 Å². The maximum Gasteiger partial charge on any atom is 0.124 e. The molecule has 0 radical (unpaired) electrons. The fraction of sp³-hybridized carbons (Fsp3) is 0.538. The molecule has 0 aliphatic rings. The number of hydrogen-bond donors (Lipinski definition) is 2. The van der Waals surface area contributed by atoms with E-state index in [4.69, 9.17) is 15.6 Å². The Morgan fingerprint density at radius 3 is 2.65 bits per heavy atom. The summed E-state index contributed by atoms with van der Waals surface area (Å²) in [7, 11) is 1.66. The van der Waals surface area contributed by atoms with Crippen LogP contribution in [0.1, 0.15) is 31.9 Å². The molecule has 0 bridgehead atoms. The molecule has 1 unspecified atom stereocenters. The number of thioether (sulfide) groups is 1. The number of ether oxygens (including phenoxy) is 1. The van der Waals surface area contributed by atoms with E-state index < -0.39 is 0 Å². The molecule has 0 aromatic heterocycles. The Morgan fingerprint density at radius 2 is 2.12 bits per heavy atom. The van der Waals surface area contributed by atoms with Crippen molar-refractivity contribution in [1.82, 2.24) is 0 Å². The summed E-state index contributed by atoms with van der Waals surface area (Å²) in [4.78, 5) is 1.14. The Bertz CT molecular complexity index is 355. The van der Waals surface area contributed by atoms with Crippen LogP contribution in [0.25, 0.3) is 0 Å². The van der Waals surface area contributed by atoms with E-state index in [1.807, 2.05) is 19.1 Å². The molecular formula is C13H21NO2S. The molecule has 0 saturated heterocycles. The van der Waals surface area contributed by atoms with Crippen LogP contribution in [0, 0.1) is 0 Å². The number of rotatable bonds is 6. The van der Waals surface area contributed by atoms with Crippen molar-refractivity contribution in [2.45, 2.75) is 36.5 Å². The predicted octanol–water partition coefficient (Wildman–Crippen LogP) is 2.58. The van der Waals surface area contributed by atoms with Gasteiger partial charge in [-0.2, -0.15) is 0 Å². The number of aliphatic hydroxyl groups is 1. The first-order chi connectivity index (χ1) is 8.10. The third kappa shape index (κ3) is 3.91. The molecule has 1 aromatic rings. The zero-order valence-electron chi connectivity index (χ0n) is 10.6. The van der Waals surface area contributed by atoms with Crippen molar-refractivity contribution >= 4 is 11.8 Å². The molecule has 1 aromatic carbocycles. The monoisotopic (exact) mass is 255 g/mol. The number of benzene rings is 1. The number of aliphatic hydroxyl groups excluding tert-OH is 1. The fourth-order valence-electron chi connectivity index (χ4n) is 1.71. The molecule has 17 heavy (non-hydrogen) atoms. The van der Waals surface area contributed by atoms with Crippen LogP contribution in [0.4, 0.5) is 0 Å². The predicted molar refractivity (Wildman–Crippen MR) is 72.6 cm³/mol. The molecule has 0 aliphatic heterocycles. The average Bonchev–Trinajstić information content (AvgIpc) is 2.28. The van der Waals surface area contributed by atoms with Crippen molar-refractivity contribution < 1.29 is 9.84 Å². The molecule has 0 amide bonds. The first-order valence-corrected chi connectivity index (χ1v) is 6.68. The average molecular weight is 255 g/mol. The molecule has 0 heterocycles. The van der Waals surface area contributed by atoms with Crippen molar-refractivity contribution in [3.05, 3.63) is 23.8 Å². The lowest BCUT2D eigenvalue weighted by molar-refractivity contribution is 0.289. The van der Waals surface area contributed by atoms with Gasteiger partial charge in [0, 0.05) is 28.4 Å². The second-order valence-corrected chi connectivity index (χ2v) is 5.58. The van der Waals surface area contributed by atoms with Gasteiger partial charge in [0.2, 0.25) is 0 Å². The summed E-state index contributed by atoms with van der Waals surface area (Å²) in [6.07, 6.45) is 0.778. The summed E-state index contributed by atoms with van der Waals surface area (Å²) >= 11 is 1.73. The Labute approximate surface area is 107 Å². The number of hydrogen-bond acceptors (Lipinski definition) is 4. The minimum Gasteiger partial charge on any atom is -0.496 e. The van der Waals surface area contributed by atoms with E-state index in [0.29, 0.717) is 5.25 Å². The molecule has 2 atom stereocenters. The van der Waals surface area contributed by atoms with Crippen LogP contribution >= 0.6 is 11.8 Å². The van der Waals surface area contributed by atoms with E-state index in [9.17, 15) is 0 Å². The standard InChI is InChI=1S/C13H21NO2S/c1-9(7-8-15)17-12-6-4-5-11(16-3)13(12)10(2)14/h4-6,9-10,15H,7-8,14H2,1-3H3/t9?,10-/m1/s1. The lowest BCUT2D eigenvalue weighted by Gasteiger charge is -2.18. The molecule has 0 saturated carbocycles. The van der Waals surface area contributed by atoms with Crippen LogP contribution in [0.2, 0.25) is 0 Å². The van der Waals surface area contributed by atoms with Gasteiger partial charge >= 0.3 is 0 Å². The summed E-state index contributed by atoms with van der Waals surface area (Å²) in [6.45, 7) is 4.27. The highest BCUT2D eigenvalue weighted by molar-refractivity contribution is 8.00. The van der Waals surface area contributed by atoms with Crippen molar-refractivity contribution in [2.75, 3.05) is 13.7 Å². The summed E-state index contributed by atoms with van der Waals surface area (Å²) in [6, 6.07) is 5.90. The Balaban J connectivity index is 2.97. The molecule has 0 spiro atoms. The lowest BCUT2D eigenvalue weighted by Crippen LogP contribution is -2.10. The normalized spacial score (nSPS) is 14.4. The summed E-state index contributed by atoms with van der Waals surface area (Å²) < 4.78 is 5.35. The van der Waals surface area contributed by atoms with Crippen LogP contribution in [0.5, 0.6) is 5.75 Å². The van der Waals surface area contributed by atoms with Crippen molar-refractivity contribution in [2.24, 2.45) is 5.73 Å². The van der Waals surface area contributed by atoms with Crippen LogP contribution in [-0.4, -0.2) is 24.1 Å². The van der Waals surface area contributed by atoms with Crippen molar-refractivity contribution in [1.29, 1.82) is 0 Å². The zero-order valence-corrected chi connectivity index (χ0v) is 11.5. The highest BCUT2D eigenvalue weighted by Gasteiger charge is 2.15. The third-order valence-corrected chi connectivity index (χ3v) is 3.81. The minimum absolute atomic E-state index is 0.0602. The topological polar surface area (TPSA) is 55.5 Å². The van der Waals surface area contributed by atoms with E-state index in [1.54, 1.807) is 18.9 Å². The van der Waals surface area contributed by atoms with Gasteiger partial charge in [-0.1, -0.05) is 13.0 Å². The minimum atomic E-state index is -0.0602. The maximum atomic E-state index is 8.93. The number of methoxy groups -OCH3 is 1. The second kappa shape index (κ2) is 6.89. The molecule has 3 nitrogen and oxygen atoms in total. The van der Waals surface area contributed by atoms with Gasteiger partial charge < -0.3 is 15.6 Å². The van der Waals surface area contributed by atoms with E-state index >= 15 is 0 Å². The molecular weight excluding hydrogens is 234 g/mol. The molecule has 3 N–H and O–H groups in total. The first kappa shape index (κ1) is 14.4. The third-order valence-electron chi connectivity index (χ3n) is 2.57. The van der Waals surface area contributed by atoms with Crippen molar-refractivity contribution in [3.8, 4) is 5.75 Å². The Hall–Kier alpha value is -0.710. The molecule has 96 valence electrons. The van der Waals surface area contributed by atoms with Gasteiger partial charge in [-0.05, 0) is 25.5 Å². The highest BCUT2D eigenvalue weighted by Crippen LogP contribution is 2.36. The van der Waals surface area contributed by atoms with E-state index in [2.05, 4.69) is 13.0 Å². The van der Waals surface area contributed by atoms with E-state index in [0.717, 1.165) is 22.6 Å². The van der Waals surface area contributed by atoms with Gasteiger partial charge in [0.25, 0.3) is 0 Å². The summed E-state index contributed by atoms with van der Waals surface area (Å²) in [5, 5.41) is 9.30. The summed E-state index contributed by atoms with van der Waals surface area (Å²) in [5.74, 6) is 0.834. The first-order valence-electron chi connectivity index (χ1n) is 5.80. The lowest BCUT2D eigenvalue weighted by atomic mass is 10.1. The SMILES string of the molecule is COc1cccc(SC(C)CCO)c1[C@@H](C)N. The zero-order chi connectivity index (χ0) is 12.8. The van der Waals surface area contributed by atoms with Crippen LogP contribution < -0.4 is 10.5 Å². The van der Waals surface area contributed by atoms with E-state index in [1.165, 1.54) is 0 Å². The van der Waals surface area contributed by atoms with Gasteiger partial charge in [-0.25, -0.2) is 0 Å². The van der Waals surface area contributed by atoms with Gasteiger partial charge in [0.15, 0.2) is 0 Å². The smallest absolute Gasteiger partial charge is 0.124 e. The quantitative estimate of drug-likeness (QED) is 0.767. The second-order valence-electron chi connectivity index (χ2n) is 4.10. The number of nitrogens with two attached hydrogens (primary N) is 1. The van der Waals surface area contributed by atoms with Gasteiger partial charge in [0.1, 0.15) is 5.75 Å². The largest absolute Gasteiger partial charge is 0.496 e. The van der Waals surface area contributed by atoms with Gasteiger partial charge in [-0.3, -0.25) is 0 Å². The molecule has 4 heteroatoms. The maximum absolute atomic E-state index is 8.93.